The third-order valence-electron chi connectivity index (χ3n) is 5.36. The third-order valence-corrected chi connectivity index (χ3v) is 6.25. The predicted octanol–water partition coefficient (Wildman–Crippen LogP) is 5.69. The number of nitriles is 1. The minimum absolute atomic E-state index is 0.108. The molecule has 0 spiro atoms. The molecule has 5 nitrogen and oxygen atoms in total. The van der Waals surface area contributed by atoms with Crippen LogP contribution >= 0.6 is 11.3 Å². The lowest BCUT2D eigenvalue weighted by Crippen LogP contribution is -2.13. The molecule has 30 heavy (non-hydrogen) atoms. The molecule has 0 unspecified atom stereocenters. The summed E-state index contributed by atoms with van der Waals surface area (Å²) in [5, 5.41) is 16.1. The van der Waals surface area contributed by atoms with E-state index in [0.29, 0.717) is 13.0 Å². The maximum absolute atomic E-state index is 12.1. The van der Waals surface area contributed by atoms with Crippen molar-refractivity contribution in [2.24, 2.45) is 5.92 Å². The SMILES string of the molecule is N#CCCn1cc(-c2csc(-c3cccc(NC(=O)C4CC4)c3)n2)c2ccccc21. The van der Waals surface area contributed by atoms with Gasteiger partial charge in [0.2, 0.25) is 5.91 Å². The number of aromatic nitrogens is 2. The Kier molecular flexibility index (Phi) is 4.82. The van der Waals surface area contributed by atoms with Crippen molar-refractivity contribution in [3.8, 4) is 27.9 Å². The van der Waals surface area contributed by atoms with E-state index < -0.39 is 0 Å². The molecular weight excluding hydrogens is 392 g/mol. The van der Waals surface area contributed by atoms with Crippen molar-refractivity contribution in [1.29, 1.82) is 5.26 Å². The Hall–Kier alpha value is -3.43. The minimum Gasteiger partial charge on any atom is -0.346 e. The molecule has 1 N–H and O–H groups in total. The fourth-order valence-electron chi connectivity index (χ4n) is 3.66. The maximum Gasteiger partial charge on any atom is 0.227 e. The van der Waals surface area contributed by atoms with Crippen LogP contribution in [0.5, 0.6) is 0 Å². The highest BCUT2D eigenvalue weighted by molar-refractivity contribution is 7.13. The smallest absolute Gasteiger partial charge is 0.227 e. The average molecular weight is 413 g/mol. The lowest BCUT2D eigenvalue weighted by molar-refractivity contribution is -0.117. The van der Waals surface area contributed by atoms with Crippen LogP contribution in [0, 0.1) is 17.2 Å². The molecule has 0 saturated heterocycles. The highest BCUT2D eigenvalue weighted by atomic mass is 32.1. The van der Waals surface area contributed by atoms with E-state index in [1.54, 1.807) is 11.3 Å². The molecule has 1 aliphatic rings. The number of carbonyl (C=O) groups is 1. The number of hydrogen-bond acceptors (Lipinski definition) is 4. The number of para-hydroxylation sites is 1. The Morgan fingerprint density at radius 3 is 2.93 bits per heavy atom. The summed E-state index contributed by atoms with van der Waals surface area (Å²) in [7, 11) is 0. The summed E-state index contributed by atoms with van der Waals surface area (Å²) in [6, 6.07) is 18.3. The van der Waals surface area contributed by atoms with E-state index in [4.69, 9.17) is 10.2 Å². The summed E-state index contributed by atoms with van der Waals surface area (Å²) < 4.78 is 2.13. The van der Waals surface area contributed by atoms with Crippen LogP contribution in [-0.4, -0.2) is 15.5 Å². The van der Waals surface area contributed by atoms with E-state index in [9.17, 15) is 4.79 Å². The van der Waals surface area contributed by atoms with Gasteiger partial charge in [-0.25, -0.2) is 4.98 Å². The molecule has 2 aromatic heterocycles. The second kappa shape index (κ2) is 7.77. The first-order chi connectivity index (χ1) is 14.7. The van der Waals surface area contributed by atoms with Crippen LogP contribution in [0.25, 0.3) is 32.7 Å². The summed E-state index contributed by atoms with van der Waals surface area (Å²) in [6.07, 6.45) is 4.54. The van der Waals surface area contributed by atoms with Crippen molar-refractivity contribution in [3.63, 3.8) is 0 Å². The second-order valence-electron chi connectivity index (χ2n) is 7.54. The van der Waals surface area contributed by atoms with E-state index in [0.717, 1.165) is 51.3 Å². The number of carbonyl (C=O) groups excluding carboxylic acids is 1. The Bertz CT molecular complexity index is 1280. The van der Waals surface area contributed by atoms with Crippen molar-refractivity contribution in [1.82, 2.24) is 9.55 Å². The van der Waals surface area contributed by atoms with Gasteiger partial charge in [0.25, 0.3) is 0 Å². The number of amides is 1. The van der Waals surface area contributed by atoms with Crippen LogP contribution in [-0.2, 0) is 11.3 Å². The van der Waals surface area contributed by atoms with Crippen LogP contribution in [0.4, 0.5) is 5.69 Å². The zero-order valence-electron chi connectivity index (χ0n) is 16.3. The predicted molar refractivity (Wildman–Crippen MR) is 120 cm³/mol. The van der Waals surface area contributed by atoms with Crippen LogP contribution in [0.1, 0.15) is 19.3 Å². The summed E-state index contributed by atoms with van der Waals surface area (Å²) >= 11 is 1.59. The zero-order chi connectivity index (χ0) is 20.5. The Morgan fingerprint density at radius 1 is 1.23 bits per heavy atom. The number of rotatable bonds is 6. The summed E-state index contributed by atoms with van der Waals surface area (Å²) in [5.41, 5.74) is 4.92. The van der Waals surface area contributed by atoms with Crippen molar-refractivity contribution >= 4 is 33.8 Å². The first-order valence-electron chi connectivity index (χ1n) is 10.0. The van der Waals surface area contributed by atoms with Crippen molar-refractivity contribution in [3.05, 3.63) is 60.1 Å². The van der Waals surface area contributed by atoms with Crippen molar-refractivity contribution < 1.29 is 4.79 Å². The number of nitrogens with one attached hydrogen (secondary N) is 1. The molecule has 0 aliphatic heterocycles. The molecule has 4 aromatic rings. The Balaban J connectivity index is 1.46. The van der Waals surface area contributed by atoms with Gasteiger partial charge in [-0.2, -0.15) is 5.26 Å². The lowest BCUT2D eigenvalue weighted by Gasteiger charge is -2.05. The summed E-state index contributed by atoms with van der Waals surface area (Å²) in [6.45, 7) is 0.663. The topological polar surface area (TPSA) is 70.7 Å². The van der Waals surface area contributed by atoms with Gasteiger partial charge in [0.1, 0.15) is 5.01 Å². The molecular formula is C24H20N4OS. The molecule has 2 aromatic carbocycles. The molecule has 148 valence electrons. The van der Waals surface area contributed by atoms with E-state index in [1.165, 1.54) is 0 Å². The van der Waals surface area contributed by atoms with Crippen LogP contribution in [0.15, 0.2) is 60.1 Å². The van der Waals surface area contributed by atoms with Gasteiger partial charge < -0.3 is 9.88 Å². The molecule has 2 heterocycles. The number of nitrogens with zero attached hydrogens (tertiary/aromatic N) is 3. The Morgan fingerprint density at radius 2 is 2.10 bits per heavy atom. The third kappa shape index (κ3) is 3.60. The van der Waals surface area contributed by atoms with Crippen molar-refractivity contribution in [2.75, 3.05) is 5.32 Å². The molecule has 6 heteroatoms. The largest absolute Gasteiger partial charge is 0.346 e. The second-order valence-corrected chi connectivity index (χ2v) is 8.40. The van der Waals surface area contributed by atoms with Gasteiger partial charge in [-0.05, 0) is 31.0 Å². The molecule has 0 atom stereocenters. The first kappa shape index (κ1) is 18.6. The maximum atomic E-state index is 12.1. The quantitative estimate of drug-likeness (QED) is 0.442. The van der Waals surface area contributed by atoms with Gasteiger partial charge in [-0.1, -0.05) is 30.3 Å². The number of aryl methyl sites for hydroxylation is 1. The number of thiazole rings is 1. The highest BCUT2D eigenvalue weighted by Gasteiger charge is 2.29. The first-order valence-corrected chi connectivity index (χ1v) is 10.9. The van der Waals surface area contributed by atoms with Gasteiger partial charge >= 0.3 is 0 Å². The number of benzene rings is 2. The summed E-state index contributed by atoms with van der Waals surface area (Å²) in [4.78, 5) is 17.0. The van der Waals surface area contributed by atoms with E-state index in [-0.39, 0.29) is 11.8 Å². The molecule has 1 saturated carbocycles. The monoisotopic (exact) mass is 412 g/mol. The van der Waals surface area contributed by atoms with Gasteiger partial charge in [-0.15, -0.1) is 11.3 Å². The Labute approximate surface area is 178 Å². The number of anilines is 1. The van der Waals surface area contributed by atoms with Gasteiger partial charge in [-0.3, -0.25) is 4.79 Å². The fraction of sp³-hybridized carbons (Fsp3) is 0.208. The molecule has 1 amide bonds. The number of hydrogen-bond donors (Lipinski definition) is 1. The van der Waals surface area contributed by atoms with Crippen molar-refractivity contribution in [2.45, 2.75) is 25.8 Å². The normalized spacial score (nSPS) is 13.3. The van der Waals surface area contributed by atoms with Crippen LogP contribution < -0.4 is 5.32 Å². The molecule has 0 radical (unpaired) electrons. The molecule has 5 rings (SSSR count). The highest BCUT2D eigenvalue weighted by Crippen LogP contribution is 2.35. The lowest BCUT2D eigenvalue weighted by atomic mass is 10.1. The standard InChI is InChI=1S/C24H20N4OS/c25-11-4-12-28-14-20(19-7-1-2-8-22(19)28)21-15-30-24(27-21)17-5-3-6-18(13-17)26-23(29)16-9-10-16/h1-3,5-8,13-16H,4,9-10,12H2,(H,26,29). The van der Waals surface area contributed by atoms with E-state index >= 15 is 0 Å². The zero-order valence-corrected chi connectivity index (χ0v) is 17.2. The molecule has 0 bridgehead atoms. The fourth-order valence-corrected chi connectivity index (χ4v) is 4.47. The molecule has 1 aliphatic carbocycles. The van der Waals surface area contributed by atoms with Crippen LogP contribution in [0.3, 0.4) is 0 Å². The number of fused-ring (bicyclic) bond motifs is 1. The van der Waals surface area contributed by atoms with Gasteiger partial charge in [0, 0.05) is 51.8 Å². The van der Waals surface area contributed by atoms with Crippen LogP contribution in [0.2, 0.25) is 0 Å². The van der Waals surface area contributed by atoms with Gasteiger partial charge in [0.15, 0.2) is 0 Å². The van der Waals surface area contributed by atoms with Gasteiger partial charge in [0.05, 0.1) is 18.2 Å². The summed E-state index contributed by atoms with van der Waals surface area (Å²) in [5.74, 6) is 0.288. The minimum atomic E-state index is 0.108. The average Bonchev–Trinajstić information content (AvgIpc) is 3.40. The van der Waals surface area contributed by atoms with E-state index in [1.807, 2.05) is 36.4 Å². The molecule has 1 fully saturated rings. The van der Waals surface area contributed by atoms with E-state index in [2.05, 4.69) is 39.7 Å².